The minimum absolute atomic E-state index is 0.0310. The lowest BCUT2D eigenvalue weighted by atomic mass is 9.94. The maximum Gasteiger partial charge on any atom is 0.335 e. The number of morpholine rings is 1. The fraction of sp³-hybridized carbons (Fsp3) is 0.500. The molecular weight excluding hydrogens is 324 g/mol. The van der Waals surface area contributed by atoms with Crippen LogP contribution in [0.5, 0.6) is 0 Å². The number of rotatable bonds is 3. The Balaban J connectivity index is 1.55. The lowest BCUT2D eigenvalue weighted by molar-refractivity contribution is -0.141. The van der Waals surface area contributed by atoms with Crippen molar-refractivity contribution in [2.24, 2.45) is 5.92 Å². The van der Waals surface area contributed by atoms with Crippen LogP contribution in [0.1, 0.15) is 33.6 Å². The molecule has 0 aromatic heterocycles. The second kappa shape index (κ2) is 7.65. The second-order valence-electron chi connectivity index (χ2n) is 6.39. The molecular formula is C18H22N2O5. The highest BCUT2D eigenvalue weighted by atomic mass is 16.5. The molecule has 7 nitrogen and oxygen atoms in total. The van der Waals surface area contributed by atoms with E-state index in [0.717, 1.165) is 0 Å². The smallest absolute Gasteiger partial charge is 0.335 e. The molecule has 0 saturated carbocycles. The molecule has 1 aromatic carbocycles. The molecule has 0 atom stereocenters. The van der Waals surface area contributed by atoms with Gasteiger partial charge in [-0.3, -0.25) is 9.59 Å². The fourth-order valence-electron chi connectivity index (χ4n) is 3.31. The topological polar surface area (TPSA) is 87.2 Å². The van der Waals surface area contributed by atoms with E-state index in [1.807, 2.05) is 4.90 Å². The van der Waals surface area contributed by atoms with E-state index in [4.69, 9.17) is 9.84 Å². The van der Waals surface area contributed by atoms with Gasteiger partial charge in [-0.25, -0.2) is 4.79 Å². The van der Waals surface area contributed by atoms with Gasteiger partial charge in [0.15, 0.2) is 0 Å². The zero-order valence-corrected chi connectivity index (χ0v) is 14.0. The van der Waals surface area contributed by atoms with Crippen LogP contribution in [0.4, 0.5) is 0 Å². The van der Waals surface area contributed by atoms with E-state index in [-0.39, 0.29) is 23.3 Å². The van der Waals surface area contributed by atoms with Gasteiger partial charge in [-0.05, 0) is 37.1 Å². The first-order chi connectivity index (χ1) is 12.1. The largest absolute Gasteiger partial charge is 0.478 e. The number of carbonyl (C=O) groups is 3. The third-order valence-corrected chi connectivity index (χ3v) is 4.83. The number of hydrogen-bond donors (Lipinski definition) is 1. The van der Waals surface area contributed by atoms with Crippen LogP contribution >= 0.6 is 0 Å². The van der Waals surface area contributed by atoms with E-state index in [2.05, 4.69) is 0 Å². The van der Waals surface area contributed by atoms with Crippen molar-refractivity contribution in [1.82, 2.24) is 9.80 Å². The molecule has 2 heterocycles. The number of piperidine rings is 1. The molecule has 7 heteroatoms. The predicted octanol–water partition coefficient (Wildman–Crippen LogP) is 1.10. The third-order valence-electron chi connectivity index (χ3n) is 4.83. The van der Waals surface area contributed by atoms with Crippen LogP contribution in [0.15, 0.2) is 24.3 Å². The van der Waals surface area contributed by atoms with Gasteiger partial charge < -0.3 is 19.6 Å². The average molecular weight is 346 g/mol. The maximum atomic E-state index is 12.5. The fourth-order valence-corrected chi connectivity index (χ4v) is 3.31. The van der Waals surface area contributed by atoms with Gasteiger partial charge in [-0.15, -0.1) is 0 Å². The number of carbonyl (C=O) groups excluding carboxylic acids is 2. The SMILES string of the molecule is O=C(O)c1ccc(C(=O)N2CCC(C(=O)N3CCOCC3)CC2)cc1. The Morgan fingerprint density at radius 1 is 0.880 bits per heavy atom. The van der Waals surface area contributed by atoms with Gasteiger partial charge in [0.1, 0.15) is 0 Å². The van der Waals surface area contributed by atoms with E-state index in [1.54, 1.807) is 4.90 Å². The number of likely N-dealkylation sites (tertiary alicyclic amines) is 1. The number of ether oxygens (including phenoxy) is 1. The summed E-state index contributed by atoms with van der Waals surface area (Å²) in [6.07, 6.45) is 1.32. The number of hydrogen-bond acceptors (Lipinski definition) is 4. The minimum Gasteiger partial charge on any atom is -0.478 e. The molecule has 2 aliphatic rings. The Morgan fingerprint density at radius 2 is 1.44 bits per heavy atom. The molecule has 1 aromatic rings. The molecule has 0 bridgehead atoms. The summed E-state index contributed by atoms with van der Waals surface area (Å²) in [6.45, 7) is 3.56. The Hall–Kier alpha value is -2.41. The normalized spacial score (nSPS) is 18.9. The van der Waals surface area contributed by atoms with Crippen LogP contribution in [-0.2, 0) is 9.53 Å². The molecule has 134 valence electrons. The summed E-state index contributed by atoms with van der Waals surface area (Å²) in [4.78, 5) is 39.5. The van der Waals surface area contributed by atoms with Crippen molar-refractivity contribution in [3.05, 3.63) is 35.4 Å². The number of amides is 2. The molecule has 0 unspecified atom stereocenters. The summed E-state index contributed by atoms with van der Waals surface area (Å²) in [5, 5.41) is 8.91. The number of carboxylic acids is 1. The van der Waals surface area contributed by atoms with Crippen LogP contribution in [-0.4, -0.2) is 72.1 Å². The van der Waals surface area contributed by atoms with Gasteiger partial charge in [-0.2, -0.15) is 0 Å². The lowest BCUT2D eigenvalue weighted by Gasteiger charge is -2.35. The molecule has 0 spiro atoms. The number of aromatic carboxylic acids is 1. The third kappa shape index (κ3) is 3.99. The quantitative estimate of drug-likeness (QED) is 0.885. The van der Waals surface area contributed by atoms with Crippen molar-refractivity contribution in [2.75, 3.05) is 39.4 Å². The van der Waals surface area contributed by atoms with Gasteiger partial charge in [0, 0.05) is 37.7 Å². The van der Waals surface area contributed by atoms with Crippen molar-refractivity contribution in [2.45, 2.75) is 12.8 Å². The van der Waals surface area contributed by atoms with E-state index < -0.39 is 5.97 Å². The monoisotopic (exact) mass is 346 g/mol. The number of nitrogens with zero attached hydrogens (tertiary/aromatic N) is 2. The minimum atomic E-state index is -1.01. The molecule has 0 radical (unpaired) electrons. The summed E-state index contributed by atoms with van der Waals surface area (Å²) < 4.78 is 5.27. The molecule has 3 rings (SSSR count). The van der Waals surface area contributed by atoms with Crippen LogP contribution in [0.3, 0.4) is 0 Å². The Kier molecular flexibility index (Phi) is 5.33. The highest BCUT2D eigenvalue weighted by molar-refractivity contribution is 5.96. The summed E-state index contributed by atoms with van der Waals surface area (Å²) in [7, 11) is 0. The molecule has 0 aliphatic carbocycles. The van der Waals surface area contributed by atoms with Gasteiger partial charge in [0.25, 0.3) is 5.91 Å². The van der Waals surface area contributed by atoms with Gasteiger partial charge in [-0.1, -0.05) is 0 Å². The van der Waals surface area contributed by atoms with Crippen LogP contribution in [0.2, 0.25) is 0 Å². The number of benzene rings is 1. The standard InChI is InChI=1S/C18H22N2O5/c21-16(13-1-3-15(4-2-13)18(23)24)19-7-5-14(6-8-19)17(22)20-9-11-25-12-10-20/h1-4,14H,5-12H2,(H,23,24). The molecule has 25 heavy (non-hydrogen) atoms. The lowest BCUT2D eigenvalue weighted by Crippen LogP contribution is -2.47. The van der Waals surface area contributed by atoms with Gasteiger partial charge >= 0.3 is 5.97 Å². The first kappa shape index (κ1) is 17.4. The summed E-state index contributed by atoms with van der Waals surface area (Å²) in [6, 6.07) is 5.95. The highest BCUT2D eigenvalue weighted by Gasteiger charge is 2.31. The van der Waals surface area contributed by atoms with Crippen molar-refractivity contribution < 1.29 is 24.2 Å². The van der Waals surface area contributed by atoms with Gasteiger partial charge in [0.05, 0.1) is 18.8 Å². The van der Waals surface area contributed by atoms with E-state index >= 15 is 0 Å². The summed E-state index contributed by atoms with van der Waals surface area (Å²) in [5.41, 5.74) is 0.634. The molecule has 2 saturated heterocycles. The summed E-state index contributed by atoms with van der Waals surface area (Å²) in [5.74, 6) is -0.992. The van der Waals surface area contributed by atoms with Crippen molar-refractivity contribution in [1.29, 1.82) is 0 Å². The molecule has 2 fully saturated rings. The van der Waals surface area contributed by atoms with E-state index in [9.17, 15) is 14.4 Å². The Bertz CT molecular complexity index is 644. The number of carboxylic acid groups (broad SMARTS) is 1. The molecule has 1 N–H and O–H groups in total. The molecule has 2 aliphatic heterocycles. The Morgan fingerprint density at radius 3 is 2.00 bits per heavy atom. The van der Waals surface area contributed by atoms with E-state index in [1.165, 1.54) is 24.3 Å². The first-order valence-electron chi connectivity index (χ1n) is 8.55. The average Bonchev–Trinajstić information content (AvgIpc) is 2.67. The summed E-state index contributed by atoms with van der Waals surface area (Å²) >= 11 is 0. The van der Waals surface area contributed by atoms with Crippen molar-refractivity contribution in [3.8, 4) is 0 Å². The first-order valence-corrected chi connectivity index (χ1v) is 8.55. The second-order valence-corrected chi connectivity index (χ2v) is 6.39. The van der Waals surface area contributed by atoms with Gasteiger partial charge in [0.2, 0.25) is 5.91 Å². The van der Waals surface area contributed by atoms with Crippen molar-refractivity contribution >= 4 is 17.8 Å². The van der Waals surface area contributed by atoms with E-state index in [0.29, 0.717) is 57.8 Å². The zero-order chi connectivity index (χ0) is 17.8. The predicted molar refractivity (Wildman–Crippen MR) is 89.4 cm³/mol. The van der Waals surface area contributed by atoms with Crippen LogP contribution in [0, 0.1) is 5.92 Å². The zero-order valence-electron chi connectivity index (χ0n) is 14.0. The van der Waals surface area contributed by atoms with Crippen LogP contribution in [0.25, 0.3) is 0 Å². The highest BCUT2D eigenvalue weighted by Crippen LogP contribution is 2.22. The maximum absolute atomic E-state index is 12.5. The molecule has 2 amide bonds. The Labute approximate surface area is 146 Å². The van der Waals surface area contributed by atoms with Crippen LogP contribution < -0.4 is 0 Å². The van der Waals surface area contributed by atoms with Crippen molar-refractivity contribution in [3.63, 3.8) is 0 Å².